The Morgan fingerprint density at radius 3 is 2.20 bits per heavy atom. The molecule has 0 aliphatic carbocycles. The van der Waals surface area contributed by atoms with E-state index in [1.807, 2.05) is 0 Å². The van der Waals surface area contributed by atoms with Crippen molar-refractivity contribution in [2.24, 2.45) is 0 Å². The Morgan fingerprint density at radius 1 is 1.40 bits per heavy atom. The van der Waals surface area contributed by atoms with Gasteiger partial charge in [0.05, 0.1) is 13.5 Å². The molecule has 0 unspecified atom stereocenters. The van der Waals surface area contributed by atoms with E-state index >= 15 is 0 Å². The van der Waals surface area contributed by atoms with E-state index in [-0.39, 0.29) is 64.2 Å². The van der Waals surface area contributed by atoms with Gasteiger partial charge in [-0.15, -0.1) is 0 Å². The van der Waals surface area contributed by atoms with Crippen LogP contribution < -0.4 is 56.5 Å². The van der Waals surface area contributed by atoms with Gasteiger partial charge in [-0.05, 0) is 6.42 Å². The molecular formula is C5H7KO4. The first-order valence-corrected chi connectivity index (χ1v) is 2.43. The van der Waals surface area contributed by atoms with Crippen LogP contribution in [0.25, 0.3) is 0 Å². The second-order valence-electron chi connectivity index (χ2n) is 1.45. The number of hydrogen-bond donors (Lipinski definition) is 0. The van der Waals surface area contributed by atoms with Crippen LogP contribution in [-0.4, -0.2) is 19.0 Å². The summed E-state index contributed by atoms with van der Waals surface area (Å²) in [5.74, 6) is -1.76. The summed E-state index contributed by atoms with van der Waals surface area (Å²) in [5, 5.41) is 9.70. The second-order valence-corrected chi connectivity index (χ2v) is 1.45. The predicted molar refractivity (Wildman–Crippen MR) is 26.3 cm³/mol. The minimum Gasteiger partial charge on any atom is -0.550 e. The average molecular weight is 170 g/mol. The largest absolute Gasteiger partial charge is 1.00 e. The third-order valence-electron chi connectivity index (χ3n) is 0.761. The Hall–Kier alpha value is 0.576. The smallest absolute Gasteiger partial charge is 0.550 e. The fourth-order valence-corrected chi connectivity index (χ4v) is 0.306. The van der Waals surface area contributed by atoms with E-state index in [0.29, 0.717) is 0 Å². The normalized spacial score (nSPS) is 7.70. The number of esters is 1. The van der Waals surface area contributed by atoms with Gasteiger partial charge in [0.1, 0.15) is 0 Å². The van der Waals surface area contributed by atoms with Crippen LogP contribution >= 0.6 is 0 Å². The fourth-order valence-electron chi connectivity index (χ4n) is 0.306. The van der Waals surface area contributed by atoms with Crippen LogP contribution in [0, 0.1) is 0 Å². The van der Waals surface area contributed by atoms with Gasteiger partial charge >= 0.3 is 57.4 Å². The van der Waals surface area contributed by atoms with Crippen molar-refractivity contribution in [1.82, 2.24) is 0 Å². The summed E-state index contributed by atoms with van der Waals surface area (Å²) in [6.07, 6.45) is -0.383. The Kier molecular flexibility index (Phi) is 10.1. The number of rotatable bonds is 3. The van der Waals surface area contributed by atoms with Gasteiger partial charge in [0.2, 0.25) is 0 Å². The topological polar surface area (TPSA) is 66.4 Å². The number of aliphatic carboxylic acids is 1. The first kappa shape index (κ1) is 13.2. The molecule has 0 bridgehead atoms. The van der Waals surface area contributed by atoms with Crippen LogP contribution in [0.4, 0.5) is 0 Å². The number of carboxylic acids is 1. The van der Waals surface area contributed by atoms with Crippen LogP contribution in [-0.2, 0) is 14.3 Å². The molecular weight excluding hydrogens is 163 g/mol. The molecule has 0 aliphatic heterocycles. The van der Waals surface area contributed by atoms with Gasteiger partial charge in [0, 0.05) is 5.97 Å². The molecule has 52 valence electrons. The van der Waals surface area contributed by atoms with Crippen molar-refractivity contribution in [3.8, 4) is 0 Å². The number of methoxy groups -OCH3 is 1. The molecule has 0 fully saturated rings. The van der Waals surface area contributed by atoms with Gasteiger partial charge in [-0.1, -0.05) is 0 Å². The zero-order chi connectivity index (χ0) is 7.28. The number of carbonyl (C=O) groups is 2. The molecule has 4 nitrogen and oxygen atoms in total. The zero-order valence-electron chi connectivity index (χ0n) is 6.05. The van der Waals surface area contributed by atoms with Crippen molar-refractivity contribution in [2.75, 3.05) is 7.11 Å². The Balaban J connectivity index is 0. The van der Waals surface area contributed by atoms with E-state index in [4.69, 9.17) is 0 Å². The Morgan fingerprint density at radius 2 is 1.90 bits per heavy atom. The van der Waals surface area contributed by atoms with Crippen LogP contribution in [0.5, 0.6) is 0 Å². The van der Waals surface area contributed by atoms with Gasteiger partial charge in [-0.25, -0.2) is 0 Å². The molecule has 5 heteroatoms. The summed E-state index contributed by atoms with van der Waals surface area (Å²) in [4.78, 5) is 19.9. The molecule has 10 heavy (non-hydrogen) atoms. The van der Waals surface area contributed by atoms with Crippen LogP contribution in [0.2, 0.25) is 0 Å². The van der Waals surface area contributed by atoms with Gasteiger partial charge in [-0.3, -0.25) is 4.79 Å². The summed E-state index contributed by atoms with van der Waals surface area (Å²) in [6, 6.07) is 0. The van der Waals surface area contributed by atoms with Gasteiger partial charge in [0.25, 0.3) is 0 Å². The van der Waals surface area contributed by atoms with Gasteiger partial charge in [0.15, 0.2) is 0 Å². The van der Waals surface area contributed by atoms with Gasteiger partial charge < -0.3 is 14.6 Å². The van der Waals surface area contributed by atoms with Crippen molar-refractivity contribution in [3.05, 3.63) is 0 Å². The molecule has 0 saturated heterocycles. The van der Waals surface area contributed by atoms with Crippen molar-refractivity contribution >= 4 is 11.9 Å². The molecule has 0 saturated carbocycles. The monoisotopic (exact) mass is 170 g/mol. The molecule has 0 aromatic carbocycles. The van der Waals surface area contributed by atoms with Crippen LogP contribution in [0.3, 0.4) is 0 Å². The summed E-state index contributed by atoms with van der Waals surface area (Å²) in [6.45, 7) is 0. The average Bonchev–Trinajstić information content (AvgIpc) is 1.83. The van der Waals surface area contributed by atoms with E-state index in [9.17, 15) is 14.7 Å². The maximum absolute atomic E-state index is 10.2. The third kappa shape index (κ3) is 8.58. The first-order chi connectivity index (χ1) is 4.16. The molecule has 0 atom stereocenters. The van der Waals surface area contributed by atoms with E-state index in [1.165, 1.54) is 7.11 Å². The molecule has 0 heterocycles. The number of carboxylic acid groups (broad SMARTS) is 1. The molecule has 0 rings (SSSR count). The molecule has 0 radical (unpaired) electrons. The quantitative estimate of drug-likeness (QED) is 0.317. The summed E-state index contributed by atoms with van der Waals surface area (Å²) < 4.78 is 4.17. The van der Waals surface area contributed by atoms with Crippen LogP contribution in [0.15, 0.2) is 0 Å². The molecule has 0 N–H and O–H groups in total. The standard InChI is InChI=1S/C5H8O4.K/c1-9-5(8)3-2-4(6)7;/h2-3H2,1H3,(H,6,7);/q;+1/p-1. The number of ether oxygens (including phenoxy) is 1. The Bertz CT molecular complexity index is 123. The van der Waals surface area contributed by atoms with Crippen LogP contribution in [0.1, 0.15) is 12.8 Å². The number of carbonyl (C=O) groups excluding carboxylic acids is 2. The predicted octanol–water partition coefficient (Wildman–Crippen LogP) is -4.31. The summed E-state index contributed by atoms with van der Waals surface area (Å²) in [5.41, 5.74) is 0. The minimum absolute atomic E-state index is 0. The van der Waals surface area contributed by atoms with E-state index in [2.05, 4.69) is 4.74 Å². The molecule has 0 spiro atoms. The second kappa shape index (κ2) is 7.68. The summed E-state index contributed by atoms with van der Waals surface area (Å²) in [7, 11) is 1.21. The maximum atomic E-state index is 10.2. The Labute approximate surface area is 101 Å². The van der Waals surface area contributed by atoms with Crippen molar-refractivity contribution in [3.63, 3.8) is 0 Å². The van der Waals surface area contributed by atoms with E-state index in [0.717, 1.165) is 0 Å². The molecule has 0 aromatic heterocycles. The van der Waals surface area contributed by atoms with E-state index in [1.54, 1.807) is 0 Å². The molecule has 0 amide bonds. The van der Waals surface area contributed by atoms with Crippen molar-refractivity contribution in [1.29, 1.82) is 0 Å². The third-order valence-corrected chi connectivity index (χ3v) is 0.761. The minimum atomic E-state index is -1.24. The zero-order valence-corrected chi connectivity index (χ0v) is 9.17. The molecule has 0 aromatic rings. The summed E-state index contributed by atoms with van der Waals surface area (Å²) >= 11 is 0. The van der Waals surface area contributed by atoms with Gasteiger partial charge in [-0.2, -0.15) is 0 Å². The SMILES string of the molecule is COC(=O)CCC(=O)[O-].[K+]. The molecule has 0 aliphatic rings. The number of hydrogen-bond acceptors (Lipinski definition) is 4. The first-order valence-electron chi connectivity index (χ1n) is 2.43. The fraction of sp³-hybridized carbons (Fsp3) is 0.600. The van der Waals surface area contributed by atoms with E-state index < -0.39 is 11.9 Å². The van der Waals surface area contributed by atoms with Crippen molar-refractivity contribution < 1.29 is 70.8 Å². The van der Waals surface area contributed by atoms with Crippen molar-refractivity contribution in [2.45, 2.75) is 12.8 Å². The maximum Gasteiger partial charge on any atom is 1.00 e.